The molecule has 5 nitrogen and oxygen atoms in total. The molecular formula is C16H19BrN2O3. The lowest BCUT2D eigenvalue weighted by molar-refractivity contribution is -0.121. The van der Waals surface area contributed by atoms with Gasteiger partial charge in [0.15, 0.2) is 5.76 Å². The van der Waals surface area contributed by atoms with Gasteiger partial charge >= 0.3 is 0 Å². The summed E-state index contributed by atoms with van der Waals surface area (Å²) in [4.78, 5) is 23.9. The first-order chi connectivity index (χ1) is 10.2. The van der Waals surface area contributed by atoms with Crippen molar-refractivity contribution >= 4 is 38.7 Å². The number of hydrogen-bond donors (Lipinski definition) is 2. The van der Waals surface area contributed by atoms with E-state index in [1.165, 1.54) is 0 Å². The largest absolute Gasteiger partial charge is 0.451 e. The molecule has 1 aromatic heterocycles. The lowest BCUT2D eigenvalue weighted by atomic mass is 10.1. The fourth-order valence-electron chi connectivity index (χ4n) is 2.11. The first kappa shape index (κ1) is 16.5. The zero-order valence-corrected chi connectivity index (χ0v) is 14.6. The topological polar surface area (TPSA) is 71.3 Å². The molecule has 0 saturated heterocycles. The zero-order chi connectivity index (χ0) is 16.5. The number of hydrogen-bond acceptors (Lipinski definition) is 3. The van der Waals surface area contributed by atoms with Crippen molar-refractivity contribution in [2.75, 3.05) is 6.54 Å². The second-order valence-corrected chi connectivity index (χ2v) is 7.09. The van der Waals surface area contributed by atoms with Crippen LogP contribution in [0.15, 0.2) is 27.1 Å². The molecule has 2 aromatic rings. The van der Waals surface area contributed by atoms with E-state index in [0.717, 1.165) is 15.4 Å². The number of amides is 2. The highest BCUT2D eigenvalue weighted by Crippen LogP contribution is 2.27. The van der Waals surface area contributed by atoms with E-state index in [1.54, 1.807) is 6.07 Å². The van der Waals surface area contributed by atoms with Crippen LogP contribution in [0.5, 0.6) is 0 Å². The molecule has 0 bridgehead atoms. The second-order valence-electron chi connectivity index (χ2n) is 6.18. The van der Waals surface area contributed by atoms with Crippen molar-refractivity contribution in [3.63, 3.8) is 0 Å². The number of rotatable bonds is 3. The summed E-state index contributed by atoms with van der Waals surface area (Å²) in [6.07, 6.45) is 0. The summed E-state index contributed by atoms with van der Waals surface area (Å²) in [6, 6.07) is 5.55. The Bertz CT molecular complexity index is 729. The number of furan rings is 1. The molecule has 0 radical (unpaired) electrons. The third-order valence-electron chi connectivity index (χ3n) is 3.03. The molecule has 0 fully saturated rings. The molecular weight excluding hydrogens is 348 g/mol. The maximum Gasteiger partial charge on any atom is 0.287 e. The number of carbonyl (C=O) groups is 2. The Hall–Kier alpha value is -1.82. The van der Waals surface area contributed by atoms with Crippen LogP contribution in [-0.4, -0.2) is 23.9 Å². The fourth-order valence-corrected chi connectivity index (χ4v) is 2.47. The van der Waals surface area contributed by atoms with E-state index in [2.05, 4.69) is 26.6 Å². The minimum absolute atomic E-state index is 0.0870. The summed E-state index contributed by atoms with van der Waals surface area (Å²) in [7, 11) is 0. The normalized spacial score (nSPS) is 11.5. The number of fused-ring (bicyclic) bond motifs is 1. The van der Waals surface area contributed by atoms with Crippen LogP contribution in [0.25, 0.3) is 11.0 Å². The summed E-state index contributed by atoms with van der Waals surface area (Å²) in [6.45, 7) is 7.38. The summed E-state index contributed by atoms with van der Waals surface area (Å²) in [5.74, 6) is -0.400. The highest BCUT2D eigenvalue weighted by atomic mass is 79.9. The summed E-state index contributed by atoms with van der Waals surface area (Å²) in [5.41, 5.74) is 1.07. The molecule has 0 saturated carbocycles. The second kappa shape index (κ2) is 6.12. The molecule has 1 aromatic carbocycles. The molecule has 0 spiro atoms. The van der Waals surface area contributed by atoms with Crippen molar-refractivity contribution in [1.29, 1.82) is 0 Å². The quantitative estimate of drug-likeness (QED) is 0.876. The lowest BCUT2D eigenvalue weighted by Crippen LogP contribution is -2.45. The van der Waals surface area contributed by atoms with E-state index in [9.17, 15) is 9.59 Å². The van der Waals surface area contributed by atoms with Gasteiger partial charge < -0.3 is 15.1 Å². The van der Waals surface area contributed by atoms with Gasteiger partial charge in [0.05, 0.1) is 6.54 Å². The van der Waals surface area contributed by atoms with Crippen LogP contribution in [0.4, 0.5) is 0 Å². The SMILES string of the molecule is Cc1c(C(=O)NCC(=O)NC(C)(C)C)oc2ccc(Br)cc12. The van der Waals surface area contributed by atoms with Gasteiger partial charge in [-0.1, -0.05) is 15.9 Å². The van der Waals surface area contributed by atoms with Gasteiger partial charge in [-0.3, -0.25) is 9.59 Å². The van der Waals surface area contributed by atoms with E-state index in [1.807, 2.05) is 39.8 Å². The number of nitrogens with one attached hydrogen (secondary N) is 2. The maximum absolute atomic E-state index is 12.2. The van der Waals surface area contributed by atoms with Crippen molar-refractivity contribution in [3.8, 4) is 0 Å². The van der Waals surface area contributed by atoms with Crippen molar-refractivity contribution in [3.05, 3.63) is 34.0 Å². The van der Waals surface area contributed by atoms with Crippen LogP contribution in [0, 0.1) is 6.92 Å². The highest BCUT2D eigenvalue weighted by Gasteiger charge is 2.19. The van der Waals surface area contributed by atoms with Gasteiger partial charge in [-0.05, 0) is 45.9 Å². The summed E-state index contributed by atoms with van der Waals surface area (Å²) < 4.78 is 6.50. The first-order valence-electron chi connectivity index (χ1n) is 6.95. The number of benzene rings is 1. The molecule has 0 aliphatic heterocycles. The Kier molecular flexibility index (Phi) is 4.60. The van der Waals surface area contributed by atoms with Crippen LogP contribution in [0.3, 0.4) is 0 Å². The van der Waals surface area contributed by atoms with E-state index in [-0.39, 0.29) is 23.8 Å². The Labute approximate surface area is 137 Å². The zero-order valence-electron chi connectivity index (χ0n) is 13.0. The van der Waals surface area contributed by atoms with E-state index in [4.69, 9.17) is 4.42 Å². The standard InChI is InChI=1S/C16H19BrN2O3/c1-9-11-7-10(17)5-6-12(11)22-14(9)15(21)18-8-13(20)19-16(2,3)4/h5-7H,8H2,1-4H3,(H,18,21)(H,19,20). The van der Waals surface area contributed by atoms with Gasteiger partial charge in [-0.15, -0.1) is 0 Å². The van der Waals surface area contributed by atoms with Gasteiger partial charge in [-0.2, -0.15) is 0 Å². The summed E-state index contributed by atoms with van der Waals surface area (Å²) in [5, 5.41) is 6.24. The Morgan fingerprint density at radius 2 is 1.95 bits per heavy atom. The van der Waals surface area contributed by atoms with Crippen LogP contribution >= 0.6 is 15.9 Å². The molecule has 0 aliphatic carbocycles. The highest BCUT2D eigenvalue weighted by molar-refractivity contribution is 9.10. The third kappa shape index (κ3) is 3.88. The molecule has 2 rings (SSSR count). The van der Waals surface area contributed by atoms with Crippen LogP contribution in [0.2, 0.25) is 0 Å². The van der Waals surface area contributed by atoms with E-state index >= 15 is 0 Å². The van der Waals surface area contributed by atoms with Gasteiger partial charge in [0, 0.05) is 21.0 Å². The van der Waals surface area contributed by atoms with Crippen LogP contribution < -0.4 is 10.6 Å². The predicted octanol–water partition coefficient (Wildman–Crippen LogP) is 3.15. The molecule has 0 unspecified atom stereocenters. The molecule has 1 heterocycles. The van der Waals surface area contributed by atoms with Crippen molar-refractivity contribution in [2.45, 2.75) is 33.2 Å². The van der Waals surface area contributed by atoms with Gasteiger partial charge in [-0.25, -0.2) is 0 Å². The Balaban J connectivity index is 2.10. The Morgan fingerprint density at radius 3 is 2.59 bits per heavy atom. The van der Waals surface area contributed by atoms with Gasteiger partial charge in [0.25, 0.3) is 5.91 Å². The fraction of sp³-hybridized carbons (Fsp3) is 0.375. The van der Waals surface area contributed by atoms with Crippen molar-refractivity contribution in [1.82, 2.24) is 10.6 Å². The molecule has 2 amide bonds. The monoisotopic (exact) mass is 366 g/mol. The van der Waals surface area contributed by atoms with Crippen molar-refractivity contribution < 1.29 is 14.0 Å². The van der Waals surface area contributed by atoms with E-state index < -0.39 is 5.91 Å². The summed E-state index contributed by atoms with van der Waals surface area (Å²) >= 11 is 3.40. The van der Waals surface area contributed by atoms with Crippen molar-refractivity contribution in [2.24, 2.45) is 0 Å². The average molecular weight is 367 g/mol. The van der Waals surface area contributed by atoms with Crippen LogP contribution in [0.1, 0.15) is 36.9 Å². The van der Waals surface area contributed by atoms with E-state index in [0.29, 0.717) is 5.58 Å². The average Bonchev–Trinajstić information content (AvgIpc) is 2.71. The molecule has 22 heavy (non-hydrogen) atoms. The third-order valence-corrected chi connectivity index (χ3v) is 3.52. The number of aryl methyl sites for hydroxylation is 1. The number of halogens is 1. The smallest absolute Gasteiger partial charge is 0.287 e. The predicted molar refractivity (Wildman–Crippen MR) is 88.9 cm³/mol. The van der Waals surface area contributed by atoms with Crippen LogP contribution in [-0.2, 0) is 4.79 Å². The molecule has 6 heteroatoms. The number of carbonyl (C=O) groups excluding carboxylic acids is 2. The Morgan fingerprint density at radius 1 is 1.27 bits per heavy atom. The molecule has 118 valence electrons. The first-order valence-corrected chi connectivity index (χ1v) is 7.74. The minimum atomic E-state index is -0.395. The molecule has 0 aliphatic rings. The minimum Gasteiger partial charge on any atom is -0.451 e. The molecule has 2 N–H and O–H groups in total. The molecule has 0 atom stereocenters. The van der Waals surface area contributed by atoms with Gasteiger partial charge in [0.1, 0.15) is 5.58 Å². The lowest BCUT2D eigenvalue weighted by Gasteiger charge is -2.20. The van der Waals surface area contributed by atoms with Gasteiger partial charge in [0.2, 0.25) is 5.91 Å². The maximum atomic E-state index is 12.2.